The molecule has 28 heavy (non-hydrogen) atoms. The molecule has 6 nitrogen and oxygen atoms in total. The Balaban J connectivity index is 1.43. The lowest BCUT2D eigenvalue weighted by Crippen LogP contribution is -2.34. The molecule has 0 aliphatic rings. The van der Waals surface area contributed by atoms with E-state index in [2.05, 4.69) is 36.5 Å². The number of thiocarbonyl (C=S) groups is 1. The van der Waals surface area contributed by atoms with Gasteiger partial charge in [-0.05, 0) is 76.7 Å². The van der Waals surface area contributed by atoms with Crippen molar-refractivity contribution < 1.29 is 9.21 Å². The Kier molecular flexibility index (Phi) is 5.14. The molecule has 1 amide bonds. The summed E-state index contributed by atoms with van der Waals surface area (Å²) in [6.07, 6.45) is 1.67. The molecule has 0 aliphatic carbocycles. The molecular weight excluding hydrogens is 440 g/mol. The van der Waals surface area contributed by atoms with Crippen LogP contribution in [-0.4, -0.2) is 21.0 Å². The van der Waals surface area contributed by atoms with E-state index < -0.39 is 0 Å². The summed E-state index contributed by atoms with van der Waals surface area (Å²) >= 11 is 8.58. The van der Waals surface area contributed by atoms with Gasteiger partial charge in [0.25, 0.3) is 5.91 Å². The summed E-state index contributed by atoms with van der Waals surface area (Å²) in [7, 11) is 0. The number of nitrogens with zero attached hydrogens (tertiary/aromatic N) is 2. The van der Waals surface area contributed by atoms with Gasteiger partial charge in [-0.15, -0.1) is 0 Å². The smallest absolute Gasteiger partial charge is 0.258 e. The molecular formula is C20H13BrN4O2S. The van der Waals surface area contributed by atoms with Gasteiger partial charge in [-0.25, -0.2) is 4.98 Å². The summed E-state index contributed by atoms with van der Waals surface area (Å²) < 4.78 is 6.41. The molecule has 0 spiro atoms. The number of carbonyl (C=O) groups is 1. The third-order valence-electron chi connectivity index (χ3n) is 3.90. The molecule has 4 aromatic rings. The van der Waals surface area contributed by atoms with Crippen molar-refractivity contribution in [2.45, 2.75) is 0 Å². The van der Waals surface area contributed by atoms with E-state index in [0.717, 1.165) is 11.3 Å². The number of hydrogen-bond donors (Lipinski definition) is 2. The predicted octanol–water partition coefficient (Wildman–Crippen LogP) is 4.78. The standard InChI is InChI=1S/C20H13BrN4O2S/c21-15-5-2-1-4-14(15)18(26)25-20(28)23-13-9-7-12(8-10-13)19-24-17-16(27-19)6-3-11-22-17/h1-11H,(H2,23,25,26,28). The number of pyridine rings is 1. The first-order valence-electron chi connectivity index (χ1n) is 8.29. The molecule has 8 heteroatoms. The number of oxazole rings is 1. The number of hydrogen-bond acceptors (Lipinski definition) is 5. The van der Waals surface area contributed by atoms with Crippen molar-refractivity contribution in [2.75, 3.05) is 5.32 Å². The van der Waals surface area contributed by atoms with Gasteiger partial charge in [0.05, 0.1) is 5.56 Å². The molecule has 0 unspecified atom stereocenters. The van der Waals surface area contributed by atoms with Crippen molar-refractivity contribution in [3.05, 3.63) is 76.9 Å². The number of amides is 1. The maximum Gasteiger partial charge on any atom is 0.258 e. The normalized spacial score (nSPS) is 10.6. The summed E-state index contributed by atoms with van der Waals surface area (Å²) in [4.78, 5) is 20.8. The Hall–Kier alpha value is -3.10. The van der Waals surface area contributed by atoms with E-state index in [9.17, 15) is 4.79 Å². The fourth-order valence-electron chi connectivity index (χ4n) is 2.57. The molecule has 0 radical (unpaired) electrons. The summed E-state index contributed by atoms with van der Waals surface area (Å²) in [6.45, 7) is 0. The Bertz CT molecular complexity index is 1140. The van der Waals surface area contributed by atoms with Gasteiger partial charge < -0.3 is 9.73 Å². The van der Waals surface area contributed by atoms with Crippen molar-refractivity contribution in [1.29, 1.82) is 0 Å². The molecule has 2 aromatic heterocycles. The molecule has 2 aromatic carbocycles. The number of halogens is 1. The van der Waals surface area contributed by atoms with Crippen LogP contribution in [0.25, 0.3) is 22.7 Å². The molecule has 0 saturated heterocycles. The highest BCUT2D eigenvalue weighted by molar-refractivity contribution is 9.10. The van der Waals surface area contributed by atoms with Gasteiger partial charge in [0.1, 0.15) is 0 Å². The number of benzene rings is 2. The number of carbonyl (C=O) groups excluding carboxylic acids is 1. The van der Waals surface area contributed by atoms with E-state index in [4.69, 9.17) is 16.6 Å². The molecule has 2 heterocycles. The average Bonchev–Trinajstić information content (AvgIpc) is 3.13. The lowest BCUT2D eigenvalue weighted by atomic mass is 10.2. The Morgan fingerprint density at radius 3 is 2.57 bits per heavy atom. The molecule has 0 atom stereocenters. The summed E-state index contributed by atoms with van der Waals surface area (Å²) in [5, 5.41) is 5.86. The monoisotopic (exact) mass is 452 g/mol. The second kappa shape index (κ2) is 7.87. The van der Waals surface area contributed by atoms with Crippen LogP contribution >= 0.6 is 28.1 Å². The first-order valence-corrected chi connectivity index (χ1v) is 9.49. The number of aromatic nitrogens is 2. The Labute approximate surface area is 174 Å². The first kappa shape index (κ1) is 18.3. The SMILES string of the molecule is O=C(NC(=S)Nc1ccc(-c2nc3ncccc3o2)cc1)c1ccccc1Br. The number of nitrogens with one attached hydrogen (secondary N) is 2. The maximum atomic E-state index is 12.3. The van der Waals surface area contributed by atoms with Gasteiger partial charge in [0.2, 0.25) is 5.89 Å². The zero-order chi connectivity index (χ0) is 19.5. The maximum absolute atomic E-state index is 12.3. The van der Waals surface area contributed by atoms with E-state index >= 15 is 0 Å². The van der Waals surface area contributed by atoms with Crippen molar-refractivity contribution in [2.24, 2.45) is 0 Å². The number of fused-ring (bicyclic) bond motifs is 1. The minimum atomic E-state index is -0.291. The van der Waals surface area contributed by atoms with Crippen molar-refractivity contribution in [3.8, 4) is 11.5 Å². The van der Waals surface area contributed by atoms with E-state index in [-0.39, 0.29) is 11.0 Å². The Morgan fingerprint density at radius 1 is 1.04 bits per heavy atom. The predicted molar refractivity (Wildman–Crippen MR) is 115 cm³/mol. The number of rotatable bonds is 3. The third kappa shape index (κ3) is 3.92. The molecule has 2 N–H and O–H groups in total. The first-order chi connectivity index (χ1) is 13.6. The van der Waals surface area contributed by atoms with Crippen LogP contribution in [0.15, 0.2) is 75.8 Å². The highest BCUT2D eigenvalue weighted by atomic mass is 79.9. The van der Waals surface area contributed by atoms with Gasteiger partial charge in [-0.3, -0.25) is 10.1 Å². The van der Waals surface area contributed by atoms with Gasteiger partial charge in [0.15, 0.2) is 16.3 Å². The molecule has 138 valence electrons. The highest BCUT2D eigenvalue weighted by Gasteiger charge is 2.12. The lowest BCUT2D eigenvalue weighted by molar-refractivity contribution is 0.0977. The highest BCUT2D eigenvalue weighted by Crippen LogP contribution is 2.24. The van der Waals surface area contributed by atoms with Crippen molar-refractivity contribution in [1.82, 2.24) is 15.3 Å². The van der Waals surface area contributed by atoms with E-state index in [1.807, 2.05) is 36.4 Å². The molecule has 4 rings (SSSR count). The van der Waals surface area contributed by atoms with Crippen molar-refractivity contribution in [3.63, 3.8) is 0 Å². The van der Waals surface area contributed by atoms with Crippen LogP contribution in [0.1, 0.15) is 10.4 Å². The van der Waals surface area contributed by atoms with Gasteiger partial charge in [0, 0.05) is 21.9 Å². The minimum absolute atomic E-state index is 0.208. The molecule has 0 fully saturated rings. The van der Waals surface area contributed by atoms with Crippen LogP contribution in [0, 0.1) is 0 Å². The Morgan fingerprint density at radius 2 is 1.82 bits per heavy atom. The lowest BCUT2D eigenvalue weighted by Gasteiger charge is -2.10. The van der Waals surface area contributed by atoms with E-state index in [1.54, 1.807) is 30.5 Å². The second-order valence-electron chi connectivity index (χ2n) is 5.81. The van der Waals surface area contributed by atoms with E-state index in [1.165, 1.54) is 0 Å². The van der Waals surface area contributed by atoms with Crippen LogP contribution in [-0.2, 0) is 0 Å². The average molecular weight is 453 g/mol. The van der Waals surface area contributed by atoms with Crippen LogP contribution in [0.2, 0.25) is 0 Å². The zero-order valence-corrected chi connectivity index (χ0v) is 16.8. The van der Waals surface area contributed by atoms with Crippen LogP contribution in [0.4, 0.5) is 5.69 Å². The van der Waals surface area contributed by atoms with Crippen molar-refractivity contribution >= 4 is 56.1 Å². The van der Waals surface area contributed by atoms with Crippen LogP contribution < -0.4 is 10.6 Å². The minimum Gasteiger partial charge on any atom is -0.434 e. The largest absolute Gasteiger partial charge is 0.434 e. The summed E-state index contributed by atoms with van der Waals surface area (Å²) in [5.41, 5.74) is 3.25. The van der Waals surface area contributed by atoms with Crippen LogP contribution in [0.3, 0.4) is 0 Å². The quantitative estimate of drug-likeness (QED) is 0.435. The summed E-state index contributed by atoms with van der Waals surface area (Å²) in [6, 6.07) is 18.1. The summed E-state index contributed by atoms with van der Waals surface area (Å²) in [5.74, 6) is 0.200. The third-order valence-corrected chi connectivity index (χ3v) is 4.80. The van der Waals surface area contributed by atoms with Crippen LogP contribution in [0.5, 0.6) is 0 Å². The molecule has 0 saturated carbocycles. The zero-order valence-electron chi connectivity index (χ0n) is 14.3. The number of anilines is 1. The van der Waals surface area contributed by atoms with E-state index in [0.29, 0.717) is 27.2 Å². The molecule has 0 bridgehead atoms. The topological polar surface area (TPSA) is 80.0 Å². The van der Waals surface area contributed by atoms with Gasteiger partial charge >= 0.3 is 0 Å². The second-order valence-corrected chi connectivity index (χ2v) is 7.07. The fraction of sp³-hybridized carbons (Fsp3) is 0. The van der Waals surface area contributed by atoms with Gasteiger partial charge in [-0.1, -0.05) is 12.1 Å². The van der Waals surface area contributed by atoms with Gasteiger partial charge in [-0.2, -0.15) is 4.98 Å². The molecule has 0 aliphatic heterocycles. The fourth-order valence-corrected chi connectivity index (χ4v) is 3.24.